The van der Waals surface area contributed by atoms with Gasteiger partial charge in [-0.3, -0.25) is 9.59 Å². The van der Waals surface area contributed by atoms with Crippen LogP contribution in [0.15, 0.2) is 12.2 Å². The van der Waals surface area contributed by atoms with Crippen LogP contribution in [0.1, 0.15) is 20.3 Å². The normalized spacial score (nSPS) is 18.8. The first-order valence-electron chi connectivity index (χ1n) is 5.76. The van der Waals surface area contributed by atoms with Crippen LogP contribution in [-0.4, -0.2) is 42.4 Å². The van der Waals surface area contributed by atoms with Crippen LogP contribution < -0.4 is 5.32 Å². The lowest BCUT2D eigenvalue weighted by molar-refractivity contribution is -0.143. The maximum Gasteiger partial charge on any atom is 0.331 e. The third-order valence-corrected chi connectivity index (χ3v) is 2.16. The first kappa shape index (κ1) is 14.9. The Morgan fingerprint density at radius 2 is 1.95 bits per heavy atom. The van der Waals surface area contributed by atoms with Gasteiger partial charge in [0.05, 0.1) is 12.5 Å². The third-order valence-electron chi connectivity index (χ3n) is 2.16. The van der Waals surface area contributed by atoms with E-state index in [-0.39, 0.29) is 30.8 Å². The Morgan fingerprint density at radius 3 is 2.47 bits per heavy atom. The van der Waals surface area contributed by atoms with Gasteiger partial charge in [-0.2, -0.15) is 0 Å². The summed E-state index contributed by atoms with van der Waals surface area (Å²) in [5.74, 6) is -2.14. The number of nitrogens with one attached hydrogen (secondary N) is 1. The molecule has 0 spiro atoms. The second-order valence-corrected chi connectivity index (χ2v) is 4.21. The van der Waals surface area contributed by atoms with Gasteiger partial charge in [-0.15, -0.1) is 0 Å². The lowest BCUT2D eigenvalue weighted by Crippen LogP contribution is -2.34. The zero-order chi connectivity index (χ0) is 14.4. The molecule has 7 heteroatoms. The van der Waals surface area contributed by atoms with Crippen molar-refractivity contribution in [3.63, 3.8) is 0 Å². The van der Waals surface area contributed by atoms with Crippen LogP contribution in [0.25, 0.3) is 0 Å². The minimum absolute atomic E-state index is 0.196. The van der Waals surface area contributed by atoms with Gasteiger partial charge in [0.2, 0.25) is 5.91 Å². The van der Waals surface area contributed by atoms with Crippen molar-refractivity contribution in [2.45, 2.75) is 32.4 Å². The molecule has 1 atom stereocenters. The van der Waals surface area contributed by atoms with Gasteiger partial charge in [0.25, 0.3) is 0 Å². The van der Waals surface area contributed by atoms with Crippen LogP contribution in [0.2, 0.25) is 0 Å². The predicted octanol–water partition coefficient (Wildman–Crippen LogP) is -0.505. The van der Waals surface area contributed by atoms with E-state index in [9.17, 15) is 19.2 Å². The van der Waals surface area contributed by atoms with Crippen LogP contribution in [0, 0.1) is 0 Å². The zero-order valence-corrected chi connectivity index (χ0v) is 10.7. The molecule has 0 bridgehead atoms. The van der Waals surface area contributed by atoms with Crippen molar-refractivity contribution in [1.29, 1.82) is 0 Å². The van der Waals surface area contributed by atoms with Gasteiger partial charge in [-0.25, -0.2) is 9.59 Å². The molecule has 1 aliphatic heterocycles. The fourth-order valence-electron chi connectivity index (χ4n) is 1.36. The lowest BCUT2D eigenvalue weighted by Gasteiger charge is -2.08. The summed E-state index contributed by atoms with van der Waals surface area (Å²) in [6.07, 6.45) is 1.38. The van der Waals surface area contributed by atoms with Crippen LogP contribution in [0.5, 0.6) is 0 Å². The summed E-state index contributed by atoms with van der Waals surface area (Å²) in [5, 5.41) is 2.37. The monoisotopic (exact) mass is 269 g/mol. The minimum Gasteiger partial charge on any atom is -0.460 e. The molecular formula is C12H15NO6. The maximum atomic E-state index is 11.2. The molecule has 1 rings (SSSR count). The van der Waals surface area contributed by atoms with Crippen LogP contribution in [0.3, 0.4) is 0 Å². The van der Waals surface area contributed by atoms with Crippen molar-refractivity contribution in [2.75, 3.05) is 6.61 Å². The molecule has 19 heavy (non-hydrogen) atoms. The van der Waals surface area contributed by atoms with E-state index in [1.165, 1.54) is 0 Å². The summed E-state index contributed by atoms with van der Waals surface area (Å²) in [6.45, 7) is 3.11. The highest BCUT2D eigenvalue weighted by Gasteiger charge is 2.30. The molecule has 0 aromatic rings. The van der Waals surface area contributed by atoms with E-state index in [4.69, 9.17) is 9.47 Å². The fourth-order valence-corrected chi connectivity index (χ4v) is 1.36. The number of ether oxygens (including phenoxy) is 2. The van der Waals surface area contributed by atoms with Gasteiger partial charge in [0, 0.05) is 12.2 Å². The molecule has 1 saturated heterocycles. The summed E-state index contributed by atoms with van der Waals surface area (Å²) >= 11 is 0. The maximum absolute atomic E-state index is 11.2. The molecule has 0 aliphatic carbocycles. The lowest BCUT2D eigenvalue weighted by atomic mass is 10.2. The third kappa shape index (κ3) is 5.33. The summed E-state index contributed by atoms with van der Waals surface area (Å²) < 4.78 is 9.50. The van der Waals surface area contributed by atoms with Crippen molar-refractivity contribution >= 4 is 23.6 Å². The van der Waals surface area contributed by atoms with Crippen LogP contribution in [0.4, 0.5) is 0 Å². The Morgan fingerprint density at radius 1 is 1.32 bits per heavy atom. The second-order valence-electron chi connectivity index (χ2n) is 4.21. The molecule has 1 amide bonds. The number of esters is 2. The SMILES string of the molecule is CC(C)OC(=O)/C=C/C(=O)OCC1NC(=O)CC1=O. The Hall–Kier alpha value is -2.18. The molecule has 0 saturated carbocycles. The molecule has 0 aromatic carbocycles. The standard InChI is InChI=1S/C12H15NO6/c1-7(2)19-12(17)4-3-11(16)18-6-8-9(14)5-10(15)13-8/h3-4,7-8H,5-6H2,1-2H3,(H,13,15)/b4-3+. The molecule has 1 heterocycles. The van der Waals surface area contributed by atoms with Crippen molar-refractivity contribution < 1.29 is 28.7 Å². The van der Waals surface area contributed by atoms with Crippen molar-refractivity contribution in [1.82, 2.24) is 5.32 Å². The van der Waals surface area contributed by atoms with Gasteiger partial charge in [0.15, 0.2) is 5.78 Å². The molecular weight excluding hydrogens is 254 g/mol. The van der Waals surface area contributed by atoms with E-state index >= 15 is 0 Å². The quantitative estimate of drug-likeness (QED) is 0.410. The van der Waals surface area contributed by atoms with E-state index in [0.29, 0.717) is 0 Å². The number of amides is 1. The summed E-state index contributed by atoms with van der Waals surface area (Å²) in [7, 11) is 0. The highest BCUT2D eigenvalue weighted by atomic mass is 16.5. The molecule has 1 N–H and O–H groups in total. The number of Topliss-reactive ketones (excluding diaryl/α,β-unsaturated/α-hetero) is 1. The van der Waals surface area contributed by atoms with Crippen LogP contribution in [-0.2, 0) is 28.7 Å². The van der Waals surface area contributed by atoms with Gasteiger partial charge < -0.3 is 14.8 Å². The van der Waals surface area contributed by atoms with Gasteiger partial charge in [-0.1, -0.05) is 0 Å². The molecule has 1 fully saturated rings. The number of ketones is 1. The Bertz CT molecular complexity index is 426. The topological polar surface area (TPSA) is 98.8 Å². The van der Waals surface area contributed by atoms with E-state index in [0.717, 1.165) is 12.2 Å². The van der Waals surface area contributed by atoms with Crippen molar-refractivity contribution in [2.24, 2.45) is 0 Å². The first-order chi connectivity index (χ1) is 8.88. The second kappa shape index (κ2) is 6.67. The number of hydrogen-bond donors (Lipinski definition) is 1. The van der Waals surface area contributed by atoms with Gasteiger partial charge in [-0.05, 0) is 13.8 Å². The number of rotatable bonds is 5. The first-order valence-corrected chi connectivity index (χ1v) is 5.76. The molecule has 7 nitrogen and oxygen atoms in total. The summed E-state index contributed by atoms with van der Waals surface area (Å²) in [6, 6.07) is -0.799. The smallest absolute Gasteiger partial charge is 0.331 e. The molecule has 104 valence electrons. The zero-order valence-electron chi connectivity index (χ0n) is 10.7. The molecule has 0 radical (unpaired) electrons. The minimum atomic E-state index is -0.799. The Kier molecular flexibility index (Phi) is 5.23. The largest absolute Gasteiger partial charge is 0.460 e. The van der Waals surface area contributed by atoms with Gasteiger partial charge in [0.1, 0.15) is 12.6 Å². The highest BCUT2D eigenvalue weighted by Crippen LogP contribution is 2.03. The average molecular weight is 269 g/mol. The van der Waals surface area contributed by atoms with Crippen molar-refractivity contribution in [3.8, 4) is 0 Å². The summed E-state index contributed by atoms with van der Waals surface area (Å²) in [5.41, 5.74) is 0. The fraction of sp³-hybridized carbons (Fsp3) is 0.500. The number of carbonyl (C=O) groups excluding carboxylic acids is 4. The highest BCUT2D eigenvalue weighted by molar-refractivity contribution is 6.07. The Labute approximate surface area is 109 Å². The number of hydrogen-bond acceptors (Lipinski definition) is 6. The van der Waals surface area contributed by atoms with E-state index in [1.54, 1.807) is 13.8 Å². The predicted molar refractivity (Wildman–Crippen MR) is 62.9 cm³/mol. The summed E-state index contributed by atoms with van der Waals surface area (Å²) in [4.78, 5) is 44.4. The average Bonchev–Trinajstić information content (AvgIpc) is 2.61. The van der Waals surface area contributed by atoms with Crippen molar-refractivity contribution in [3.05, 3.63) is 12.2 Å². The molecule has 0 aromatic heterocycles. The number of carbonyl (C=O) groups is 4. The molecule has 1 aliphatic rings. The van der Waals surface area contributed by atoms with Crippen LogP contribution >= 0.6 is 0 Å². The van der Waals surface area contributed by atoms with E-state index < -0.39 is 18.0 Å². The van der Waals surface area contributed by atoms with E-state index in [2.05, 4.69) is 5.32 Å². The Balaban J connectivity index is 2.32. The van der Waals surface area contributed by atoms with Gasteiger partial charge >= 0.3 is 11.9 Å². The van der Waals surface area contributed by atoms with E-state index in [1.807, 2.05) is 0 Å². The molecule has 1 unspecified atom stereocenters.